The fourth-order valence-corrected chi connectivity index (χ4v) is 5.53. The van der Waals surface area contributed by atoms with Crippen LogP contribution in [0.4, 0.5) is 4.39 Å². The normalized spacial score (nSPS) is 25.9. The Bertz CT molecular complexity index is 936. The van der Waals surface area contributed by atoms with E-state index in [1.165, 1.54) is 17.7 Å². The average molecular weight is 456 g/mol. The van der Waals surface area contributed by atoms with Gasteiger partial charge in [0.15, 0.2) is 0 Å². The topological polar surface area (TPSA) is 61.4 Å². The molecule has 1 saturated carbocycles. The number of carbonyl (C=O) groups excluding carboxylic acids is 2. The van der Waals surface area contributed by atoms with E-state index in [1.807, 2.05) is 0 Å². The van der Waals surface area contributed by atoms with Gasteiger partial charge in [0.25, 0.3) is 5.91 Å². The van der Waals surface area contributed by atoms with Crippen LogP contribution in [0.2, 0.25) is 0 Å². The molecule has 2 heterocycles. The molecule has 0 aromatic heterocycles. The second kappa shape index (κ2) is 9.57. The number of benzene rings is 1. The monoisotopic (exact) mass is 455 g/mol. The molecule has 0 spiro atoms. The highest BCUT2D eigenvalue weighted by Gasteiger charge is 2.40. The fraction of sp³-hybridized carbons (Fsp3) is 0.630. The van der Waals surface area contributed by atoms with Gasteiger partial charge in [-0.15, -0.1) is 0 Å². The maximum atomic E-state index is 15.6. The van der Waals surface area contributed by atoms with E-state index in [0.29, 0.717) is 59.0 Å². The van der Waals surface area contributed by atoms with E-state index in [1.54, 1.807) is 12.1 Å². The fourth-order valence-electron chi connectivity index (χ4n) is 5.53. The molecule has 5 nitrogen and oxygen atoms in total. The lowest BCUT2D eigenvalue weighted by Crippen LogP contribution is -2.49. The van der Waals surface area contributed by atoms with Crippen molar-refractivity contribution in [1.29, 1.82) is 0 Å². The number of rotatable bonds is 6. The summed E-state index contributed by atoms with van der Waals surface area (Å²) in [4.78, 5) is 26.9. The minimum absolute atomic E-state index is 0.163. The molecule has 0 radical (unpaired) electrons. The molecule has 0 bridgehead atoms. The Kier molecular flexibility index (Phi) is 6.94. The third-order valence-electron chi connectivity index (χ3n) is 7.51. The quantitative estimate of drug-likeness (QED) is 0.654. The van der Waals surface area contributed by atoms with E-state index in [0.717, 1.165) is 25.8 Å². The van der Waals surface area contributed by atoms with Gasteiger partial charge in [-0.3, -0.25) is 9.59 Å². The Morgan fingerprint density at radius 3 is 2.67 bits per heavy atom. The Morgan fingerprint density at radius 2 is 1.94 bits per heavy atom. The van der Waals surface area contributed by atoms with Crippen molar-refractivity contribution >= 4 is 11.8 Å². The summed E-state index contributed by atoms with van der Waals surface area (Å²) in [5.41, 5.74) is 2.51. The van der Waals surface area contributed by atoms with E-state index < -0.39 is 6.04 Å². The van der Waals surface area contributed by atoms with Crippen LogP contribution in [0.5, 0.6) is 0 Å². The summed E-state index contributed by atoms with van der Waals surface area (Å²) in [5.74, 6) is -0.334. The second-order valence-corrected chi connectivity index (χ2v) is 11.3. The van der Waals surface area contributed by atoms with Crippen LogP contribution in [-0.2, 0) is 17.8 Å². The summed E-state index contributed by atoms with van der Waals surface area (Å²) >= 11 is 0. The number of allylic oxidation sites excluding steroid dienone is 1. The van der Waals surface area contributed by atoms with Crippen molar-refractivity contribution in [3.8, 4) is 0 Å². The average Bonchev–Trinajstić information content (AvgIpc) is 3.07. The highest BCUT2D eigenvalue weighted by atomic mass is 19.1. The minimum atomic E-state index is -0.562. The first-order chi connectivity index (χ1) is 15.6. The maximum absolute atomic E-state index is 15.6. The number of hydrogen-bond donors (Lipinski definition) is 2. The van der Waals surface area contributed by atoms with Crippen molar-refractivity contribution in [2.75, 3.05) is 6.54 Å². The van der Waals surface area contributed by atoms with Crippen LogP contribution in [-0.4, -0.2) is 35.3 Å². The molecule has 1 aromatic rings. The molecular formula is C27H38FN3O2. The van der Waals surface area contributed by atoms with Gasteiger partial charge in [0.2, 0.25) is 5.91 Å². The number of nitrogens with one attached hydrogen (secondary N) is 2. The standard InChI is InChI=1S/C27H38FN3O2/c1-17-9-12-23(25(32)30-17)31-16-21-20(26(31)33)11-10-19(24(21)28)15-18-7-5-6-8-22(18)29-14-13-27(2,3)4/h10-11,18,22-23,29H,1,5-9,12-16H2,2-4H3,(H,30,32)/t18-,22+,23?/m1/s1. The van der Waals surface area contributed by atoms with Crippen LogP contribution in [0.1, 0.15) is 87.2 Å². The number of piperidine rings is 1. The highest BCUT2D eigenvalue weighted by molar-refractivity contribution is 6.01. The first-order valence-electron chi connectivity index (χ1n) is 12.5. The summed E-state index contributed by atoms with van der Waals surface area (Å²) < 4.78 is 15.6. The van der Waals surface area contributed by atoms with Crippen LogP contribution in [0.3, 0.4) is 0 Å². The third-order valence-corrected chi connectivity index (χ3v) is 7.51. The molecule has 1 unspecified atom stereocenters. The molecule has 1 aliphatic carbocycles. The molecule has 2 aliphatic heterocycles. The van der Waals surface area contributed by atoms with Gasteiger partial charge in [0.1, 0.15) is 11.9 Å². The van der Waals surface area contributed by atoms with Crippen LogP contribution >= 0.6 is 0 Å². The number of halogens is 1. The van der Waals surface area contributed by atoms with E-state index in [2.05, 4.69) is 38.0 Å². The van der Waals surface area contributed by atoms with E-state index in [4.69, 9.17) is 0 Å². The van der Waals surface area contributed by atoms with E-state index in [-0.39, 0.29) is 24.2 Å². The summed E-state index contributed by atoms with van der Waals surface area (Å²) in [7, 11) is 0. The summed E-state index contributed by atoms with van der Waals surface area (Å²) in [6.45, 7) is 11.7. The van der Waals surface area contributed by atoms with Crippen molar-refractivity contribution in [3.63, 3.8) is 0 Å². The van der Waals surface area contributed by atoms with Crippen LogP contribution < -0.4 is 10.6 Å². The van der Waals surface area contributed by atoms with Gasteiger partial charge in [-0.25, -0.2) is 4.39 Å². The third kappa shape index (κ3) is 5.32. The van der Waals surface area contributed by atoms with Crippen LogP contribution in [0.25, 0.3) is 0 Å². The maximum Gasteiger partial charge on any atom is 0.255 e. The van der Waals surface area contributed by atoms with Crippen LogP contribution in [0, 0.1) is 17.2 Å². The lowest BCUT2D eigenvalue weighted by Gasteiger charge is -2.33. The zero-order chi connectivity index (χ0) is 23.8. The summed E-state index contributed by atoms with van der Waals surface area (Å²) in [6.07, 6.45) is 7.60. The Hall–Kier alpha value is -2.21. The number of nitrogens with zero attached hydrogens (tertiary/aromatic N) is 1. The van der Waals surface area contributed by atoms with Crippen molar-refractivity contribution in [1.82, 2.24) is 15.5 Å². The molecule has 33 heavy (non-hydrogen) atoms. The van der Waals surface area contributed by atoms with Gasteiger partial charge in [0.05, 0.1) is 6.54 Å². The van der Waals surface area contributed by atoms with E-state index >= 15 is 4.39 Å². The number of amides is 2. The van der Waals surface area contributed by atoms with Crippen molar-refractivity contribution in [3.05, 3.63) is 46.9 Å². The van der Waals surface area contributed by atoms with Crippen molar-refractivity contribution < 1.29 is 14.0 Å². The summed E-state index contributed by atoms with van der Waals surface area (Å²) in [6, 6.07) is 3.40. The predicted molar refractivity (Wildman–Crippen MR) is 128 cm³/mol. The first-order valence-corrected chi connectivity index (χ1v) is 12.5. The van der Waals surface area contributed by atoms with Gasteiger partial charge in [-0.1, -0.05) is 46.3 Å². The lowest BCUT2D eigenvalue weighted by atomic mass is 9.80. The van der Waals surface area contributed by atoms with Gasteiger partial charge < -0.3 is 15.5 Å². The van der Waals surface area contributed by atoms with Crippen LogP contribution in [0.15, 0.2) is 24.4 Å². The molecule has 180 valence electrons. The zero-order valence-electron chi connectivity index (χ0n) is 20.3. The molecule has 4 rings (SSSR count). The molecule has 3 atom stereocenters. The number of fused-ring (bicyclic) bond motifs is 1. The Labute approximate surface area is 197 Å². The minimum Gasteiger partial charge on any atom is -0.329 e. The number of carbonyl (C=O) groups is 2. The van der Waals surface area contributed by atoms with Crippen molar-refractivity contribution in [2.24, 2.45) is 11.3 Å². The molecule has 2 fully saturated rings. The lowest BCUT2D eigenvalue weighted by molar-refractivity contribution is -0.126. The molecule has 3 aliphatic rings. The molecule has 2 amide bonds. The van der Waals surface area contributed by atoms with Gasteiger partial charge in [-0.05, 0) is 68.0 Å². The van der Waals surface area contributed by atoms with Gasteiger partial charge in [-0.2, -0.15) is 0 Å². The Balaban J connectivity index is 1.46. The second-order valence-electron chi connectivity index (χ2n) is 11.3. The zero-order valence-corrected chi connectivity index (χ0v) is 20.3. The number of hydrogen-bond acceptors (Lipinski definition) is 3. The first kappa shape index (κ1) is 23.9. The largest absolute Gasteiger partial charge is 0.329 e. The van der Waals surface area contributed by atoms with Gasteiger partial charge >= 0.3 is 0 Å². The predicted octanol–water partition coefficient (Wildman–Crippen LogP) is 4.70. The van der Waals surface area contributed by atoms with Gasteiger partial charge in [0, 0.05) is 22.9 Å². The smallest absolute Gasteiger partial charge is 0.255 e. The highest BCUT2D eigenvalue weighted by Crippen LogP contribution is 2.34. The molecule has 6 heteroatoms. The molecule has 1 saturated heterocycles. The molecule has 2 N–H and O–H groups in total. The summed E-state index contributed by atoms with van der Waals surface area (Å²) in [5, 5.41) is 6.49. The molecule has 1 aromatic carbocycles. The van der Waals surface area contributed by atoms with Crippen molar-refractivity contribution in [2.45, 2.75) is 90.8 Å². The SMILES string of the molecule is C=C1CCC(N2Cc3c(ccc(C[C@H]4CCCC[C@@H]4NCCC(C)(C)C)c3F)C2=O)C(=O)N1. The Morgan fingerprint density at radius 1 is 1.18 bits per heavy atom. The molecular weight excluding hydrogens is 417 g/mol. The van der Waals surface area contributed by atoms with E-state index in [9.17, 15) is 9.59 Å².